The molecule has 1 aromatic rings. The summed E-state index contributed by atoms with van der Waals surface area (Å²) in [7, 11) is 0. The van der Waals surface area contributed by atoms with Gasteiger partial charge in [-0.1, -0.05) is 0 Å². The van der Waals surface area contributed by atoms with Gasteiger partial charge in [-0.05, 0) is 39.8 Å². The molecule has 0 radical (unpaired) electrons. The van der Waals surface area contributed by atoms with E-state index in [1.807, 2.05) is 17.9 Å². The van der Waals surface area contributed by atoms with Crippen LogP contribution in [0.25, 0.3) is 0 Å². The Morgan fingerprint density at radius 3 is 2.52 bits per heavy atom. The van der Waals surface area contributed by atoms with Gasteiger partial charge in [-0.15, -0.1) is 0 Å². The molecular formula is C16H26N4O. The zero-order valence-electron chi connectivity index (χ0n) is 13.5. The number of nitrogens with one attached hydrogen (secondary N) is 1. The van der Waals surface area contributed by atoms with E-state index in [4.69, 9.17) is 0 Å². The van der Waals surface area contributed by atoms with E-state index < -0.39 is 0 Å². The van der Waals surface area contributed by atoms with Gasteiger partial charge in [0.2, 0.25) is 0 Å². The molecule has 2 rings (SSSR count). The van der Waals surface area contributed by atoms with Crippen LogP contribution in [-0.4, -0.2) is 59.0 Å². The number of piperazine rings is 1. The van der Waals surface area contributed by atoms with Gasteiger partial charge in [0.1, 0.15) is 5.82 Å². The number of carbonyl (C=O) groups excluding carboxylic acids is 1. The van der Waals surface area contributed by atoms with Gasteiger partial charge in [-0.2, -0.15) is 0 Å². The predicted octanol–water partition coefficient (Wildman–Crippen LogP) is 2.07. The molecule has 21 heavy (non-hydrogen) atoms. The number of amides is 1. The smallest absolute Gasteiger partial charge is 0.254 e. The summed E-state index contributed by atoms with van der Waals surface area (Å²) >= 11 is 0. The second kappa shape index (κ2) is 6.43. The Labute approximate surface area is 127 Å². The number of hydrogen-bond donors (Lipinski definition) is 1. The lowest BCUT2D eigenvalue weighted by Crippen LogP contribution is -2.54. The molecule has 5 nitrogen and oxygen atoms in total. The summed E-state index contributed by atoms with van der Waals surface area (Å²) in [4.78, 5) is 21.1. The first kappa shape index (κ1) is 15.8. The second-order valence-corrected chi connectivity index (χ2v) is 6.41. The SMILES string of the molecule is CCNc1cc(C(=O)N2CCN(C(C)(C)C)CC2)ccn1. The van der Waals surface area contributed by atoms with Crippen LogP contribution in [0.3, 0.4) is 0 Å². The third kappa shape index (κ3) is 3.94. The summed E-state index contributed by atoms with van der Waals surface area (Å²) in [6, 6.07) is 3.63. The van der Waals surface area contributed by atoms with Crippen LogP contribution in [0.5, 0.6) is 0 Å². The van der Waals surface area contributed by atoms with Gasteiger partial charge < -0.3 is 10.2 Å². The molecule has 0 atom stereocenters. The molecule has 1 fully saturated rings. The number of aromatic nitrogens is 1. The molecule has 1 aromatic heterocycles. The van der Waals surface area contributed by atoms with Crippen molar-refractivity contribution in [1.29, 1.82) is 0 Å². The van der Waals surface area contributed by atoms with Crippen LogP contribution in [0.4, 0.5) is 5.82 Å². The van der Waals surface area contributed by atoms with Gasteiger partial charge >= 0.3 is 0 Å². The molecule has 1 saturated heterocycles. The van der Waals surface area contributed by atoms with Crippen molar-refractivity contribution in [1.82, 2.24) is 14.8 Å². The lowest BCUT2D eigenvalue weighted by molar-refractivity contribution is 0.0451. The maximum absolute atomic E-state index is 12.6. The first-order valence-electron chi connectivity index (χ1n) is 7.66. The molecule has 0 saturated carbocycles. The fourth-order valence-corrected chi connectivity index (χ4v) is 2.60. The fourth-order valence-electron chi connectivity index (χ4n) is 2.60. The summed E-state index contributed by atoms with van der Waals surface area (Å²) in [6.45, 7) is 12.9. The van der Waals surface area contributed by atoms with E-state index in [0.717, 1.165) is 38.5 Å². The molecule has 0 unspecified atom stereocenters. The van der Waals surface area contributed by atoms with Crippen LogP contribution in [-0.2, 0) is 0 Å². The molecular weight excluding hydrogens is 264 g/mol. The highest BCUT2D eigenvalue weighted by Gasteiger charge is 2.28. The van der Waals surface area contributed by atoms with Crippen molar-refractivity contribution in [2.45, 2.75) is 33.2 Å². The number of hydrogen-bond acceptors (Lipinski definition) is 4. The van der Waals surface area contributed by atoms with Crippen LogP contribution < -0.4 is 5.32 Å². The molecule has 1 N–H and O–H groups in total. The largest absolute Gasteiger partial charge is 0.370 e. The molecule has 0 spiro atoms. The van der Waals surface area contributed by atoms with Crippen molar-refractivity contribution in [2.75, 3.05) is 38.0 Å². The van der Waals surface area contributed by atoms with E-state index in [9.17, 15) is 4.79 Å². The number of rotatable bonds is 3. The van der Waals surface area contributed by atoms with Crippen molar-refractivity contribution in [3.05, 3.63) is 23.9 Å². The van der Waals surface area contributed by atoms with Crippen molar-refractivity contribution in [3.63, 3.8) is 0 Å². The Bertz CT molecular complexity index is 487. The molecule has 0 aliphatic carbocycles. The van der Waals surface area contributed by atoms with Crippen LogP contribution in [0.1, 0.15) is 38.1 Å². The summed E-state index contributed by atoms with van der Waals surface area (Å²) in [5.74, 6) is 0.863. The summed E-state index contributed by atoms with van der Waals surface area (Å²) in [5.41, 5.74) is 0.884. The van der Waals surface area contributed by atoms with E-state index in [2.05, 4.69) is 36.0 Å². The summed E-state index contributed by atoms with van der Waals surface area (Å²) < 4.78 is 0. The predicted molar refractivity (Wildman–Crippen MR) is 85.6 cm³/mol. The molecule has 1 amide bonds. The lowest BCUT2D eigenvalue weighted by Gasteiger charge is -2.42. The third-order valence-electron chi connectivity index (χ3n) is 3.88. The number of anilines is 1. The van der Waals surface area contributed by atoms with Gasteiger partial charge in [0, 0.05) is 50.0 Å². The Kier molecular flexibility index (Phi) is 4.83. The van der Waals surface area contributed by atoms with Crippen molar-refractivity contribution in [3.8, 4) is 0 Å². The van der Waals surface area contributed by atoms with Gasteiger partial charge in [0.05, 0.1) is 0 Å². The zero-order chi connectivity index (χ0) is 15.5. The standard InChI is InChI=1S/C16H26N4O/c1-5-17-14-12-13(6-7-18-14)15(21)19-8-10-20(11-9-19)16(2,3)4/h6-7,12H,5,8-11H2,1-4H3,(H,17,18). The maximum atomic E-state index is 12.6. The highest BCUT2D eigenvalue weighted by atomic mass is 16.2. The molecule has 1 aliphatic rings. The molecule has 116 valence electrons. The molecule has 1 aliphatic heterocycles. The van der Waals surface area contributed by atoms with Crippen LogP contribution in [0, 0.1) is 0 Å². The minimum Gasteiger partial charge on any atom is -0.370 e. The van der Waals surface area contributed by atoms with E-state index in [-0.39, 0.29) is 11.4 Å². The monoisotopic (exact) mass is 290 g/mol. The van der Waals surface area contributed by atoms with Crippen LogP contribution >= 0.6 is 0 Å². The topological polar surface area (TPSA) is 48.5 Å². The van der Waals surface area contributed by atoms with E-state index >= 15 is 0 Å². The Balaban J connectivity index is 2.00. The Morgan fingerprint density at radius 1 is 1.29 bits per heavy atom. The normalized spacial score (nSPS) is 16.9. The van der Waals surface area contributed by atoms with Gasteiger partial charge in [0.15, 0.2) is 0 Å². The summed E-state index contributed by atoms with van der Waals surface area (Å²) in [6.07, 6.45) is 1.69. The van der Waals surface area contributed by atoms with E-state index in [1.54, 1.807) is 12.3 Å². The average molecular weight is 290 g/mol. The molecule has 0 bridgehead atoms. The van der Waals surface area contributed by atoms with E-state index in [1.165, 1.54) is 0 Å². The lowest BCUT2D eigenvalue weighted by atomic mass is 10.0. The van der Waals surface area contributed by atoms with Crippen molar-refractivity contribution >= 4 is 11.7 Å². The number of pyridine rings is 1. The molecule has 5 heteroatoms. The average Bonchev–Trinajstić information content (AvgIpc) is 2.46. The quantitative estimate of drug-likeness (QED) is 0.926. The minimum atomic E-state index is 0.102. The van der Waals surface area contributed by atoms with E-state index in [0.29, 0.717) is 5.56 Å². The fraction of sp³-hybridized carbons (Fsp3) is 0.625. The molecule has 0 aromatic carbocycles. The Morgan fingerprint density at radius 2 is 1.95 bits per heavy atom. The second-order valence-electron chi connectivity index (χ2n) is 6.41. The highest BCUT2D eigenvalue weighted by Crippen LogP contribution is 2.17. The number of nitrogens with zero attached hydrogens (tertiary/aromatic N) is 3. The Hall–Kier alpha value is -1.62. The maximum Gasteiger partial charge on any atom is 0.254 e. The van der Waals surface area contributed by atoms with Gasteiger partial charge in [-0.3, -0.25) is 9.69 Å². The minimum absolute atomic E-state index is 0.102. The van der Waals surface area contributed by atoms with Gasteiger partial charge in [0.25, 0.3) is 5.91 Å². The highest BCUT2D eigenvalue weighted by molar-refractivity contribution is 5.94. The van der Waals surface area contributed by atoms with Crippen molar-refractivity contribution in [2.24, 2.45) is 0 Å². The summed E-state index contributed by atoms with van der Waals surface area (Å²) in [5, 5.41) is 3.14. The third-order valence-corrected chi connectivity index (χ3v) is 3.88. The first-order chi connectivity index (χ1) is 9.91. The van der Waals surface area contributed by atoms with Crippen LogP contribution in [0.2, 0.25) is 0 Å². The first-order valence-corrected chi connectivity index (χ1v) is 7.66. The number of carbonyl (C=O) groups is 1. The van der Waals surface area contributed by atoms with Crippen molar-refractivity contribution < 1.29 is 4.79 Å². The van der Waals surface area contributed by atoms with Gasteiger partial charge in [-0.25, -0.2) is 4.98 Å². The molecule has 2 heterocycles. The van der Waals surface area contributed by atoms with Crippen LogP contribution in [0.15, 0.2) is 18.3 Å². The zero-order valence-corrected chi connectivity index (χ0v) is 13.5.